The number of rotatable bonds is 3. The zero-order valence-corrected chi connectivity index (χ0v) is 34.7. The van der Waals surface area contributed by atoms with Crippen LogP contribution in [0.5, 0.6) is 0 Å². The summed E-state index contributed by atoms with van der Waals surface area (Å²) >= 11 is 1.93. The molecule has 4 heteroatoms. The van der Waals surface area contributed by atoms with E-state index < -0.39 is 5.41 Å². The van der Waals surface area contributed by atoms with Gasteiger partial charge in [-0.05, 0) is 124 Å². The highest BCUT2D eigenvalue weighted by Gasteiger charge is 2.53. The van der Waals surface area contributed by atoms with E-state index in [-0.39, 0.29) is 6.71 Å². The van der Waals surface area contributed by atoms with Gasteiger partial charge in [-0.2, -0.15) is 0 Å². The van der Waals surface area contributed by atoms with E-state index >= 15 is 0 Å². The largest absolute Gasteiger partial charge is 0.311 e. The second kappa shape index (κ2) is 13.0. The average Bonchev–Trinajstić information content (AvgIpc) is 3.58. The Morgan fingerprint density at radius 1 is 0.393 bits per heavy atom. The van der Waals surface area contributed by atoms with Gasteiger partial charge in [0.2, 0.25) is 6.71 Å². The van der Waals surface area contributed by atoms with Gasteiger partial charge in [0.05, 0.1) is 22.5 Å². The van der Waals surface area contributed by atoms with E-state index in [0.29, 0.717) is 0 Å². The summed E-state index contributed by atoms with van der Waals surface area (Å²) < 4.78 is 0. The van der Waals surface area contributed by atoms with Crippen LogP contribution in [0.1, 0.15) is 33.4 Å². The van der Waals surface area contributed by atoms with Gasteiger partial charge in [0, 0.05) is 32.4 Å². The molecule has 0 unspecified atom stereocenters. The molecule has 0 aromatic heterocycles. The van der Waals surface area contributed by atoms with Crippen molar-refractivity contribution >= 4 is 69.0 Å². The van der Waals surface area contributed by atoms with Crippen molar-refractivity contribution in [3.8, 4) is 22.3 Å². The molecule has 4 aliphatic rings. The van der Waals surface area contributed by atoms with Gasteiger partial charge in [0.25, 0.3) is 0 Å². The van der Waals surface area contributed by atoms with Crippen molar-refractivity contribution in [3.63, 3.8) is 0 Å². The minimum absolute atomic E-state index is 0.0751. The fraction of sp³-hybridized carbons (Fsp3) is 0.0526. The second-order valence-electron chi connectivity index (χ2n) is 16.9. The molecule has 13 rings (SSSR count). The molecule has 0 bridgehead atoms. The maximum Gasteiger partial charge on any atom is 0.249 e. The Hall–Kier alpha value is -7.01. The van der Waals surface area contributed by atoms with E-state index in [1.807, 2.05) is 11.8 Å². The lowest BCUT2D eigenvalue weighted by atomic mass is 9.34. The van der Waals surface area contributed by atoms with Crippen molar-refractivity contribution < 1.29 is 0 Å². The third kappa shape index (κ3) is 4.77. The van der Waals surface area contributed by atoms with Gasteiger partial charge in [-0.25, -0.2) is 0 Å². The first kappa shape index (κ1) is 34.8. The Morgan fingerprint density at radius 3 is 1.74 bits per heavy atom. The van der Waals surface area contributed by atoms with Crippen LogP contribution in [0.25, 0.3) is 22.3 Å². The third-order valence-electron chi connectivity index (χ3n) is 13.6. The fourth-order valence-electron chi connectivity index (χ4n) is 11.2. The summed E-state index contributed by atoms with van der Waals surface area (Å²) in [6.07, 6.45) is 0. The maximum absolute atomic E-state index is 2.62. The number of hydrogen-bond donors (Lipinski definition) is 0. The lowest BCUT2D eigenvalue weighted by Gasteiger charge is -2.46. The molecule has 1 spiro atoms. The first-order valence-electron chi connectivity index (χ1n) is 21.3. The monoisotopic (exact) mass is 794 g/mol. The second-order valence-corrected chi connectivity index (χ2v) is 18.0. The van der Waals surface area contributed by atoms with Gasteiger partial charge in [0.1, 0.15) is 0 Å². The highest BCUT2D eigenvalue weighted by molar-refractivity contribution is 8.00. The molecule has 0 atom stereocenters. The Bertz CT molecular complexity index is 3240. The number of benzene rings is 9. The predicted molar refractivity (Wildman–Crippen MR) is 257 cm³/mol. The molecule has 1 aliphatic carbocycles. The van der Waals surface area contributed by atoms with Crippen LogP contribution < -0.4 is 26.2 Å². The van der Waals surface area contributed by atoms with Gasteiger partial charge in [0.15, 0.2) is 0 Å². The van der Waals surface area contributed by atoms with E-state index in [2.05, 4.69) is 224 Å². The van der Waals surface area contributed by atoms with Gasteiger partial charge >= 0.3 is 0 Å². The fourth-order valence-corrected chi connectivity index (χ4v) is 12.6. The van der Waals surface area contributed by atoms with Crippen molar-refractivity contribution in [3.05, 3.63) is 234 Å². The van der Waals surface area contributed by atoms with Crippen LogP contribution in [-0.4, -0.2) is 6.71 Å². The Kier molecular flexibility index (Phi) is 7.42. The maximum atomic E-state index is 2.62. The van der Waals surface area contributed by atoms with Gasteiger partial charge in [-0.15, -0.1) is 0 Å². The number of fused-ring (bicyclic) bond motifs is 13. The molecule has 0 saturated carbocycles. The van der Waals surface area contributed by atoms with Gasteiger partial charge in [-0.3, -0.25) is 0 Å². The average molecular weight is 795 g/mol. The quantitative estimate of drug-likeness (QED) is 0.165. The third-order valence-corrected chi connectivity index (χ3v) is 14.7. The van der Waals surface area contributed by atoms with Gasteiger partial charge < -0.3 is 9.80 Å². The molecular formula is C57H39BN2S. The van der Waals surface area contributed by atoms with Crippen molar-refractivity contribution in [2.75, 3.05) is 9.80 Å². The SMILES string of the molecule is Cc1ccc2c(c1)Sc1cc(C)cc3c1B2c1cc2c(cc1N3c1ccccc1-c1ccccc1)C1(c3ccccc3-2)c2ccccc2N(c2ccccc2)c2ccccc21. The number of aryl methyl sites for hydroxylation is 2. The molecule has 0 amide bonds. The lowest BCUT2D eigenvalue weighted by Crippen LogP contribution is -2.60. The molecule has 0 N–H and O–H groups in total. The Morgan fingerprint density at radius 2 is 1.00 bits per heavy atom. The molecule has 286 valence electrons. The Balaban J connectivity index is 1.17. The number of nitrogens with zero attached hydrogens (tertiary/aromatic N) is 2. The van der Waals surface area contributed by atoms with Gasteiger partial charge in [-0.1, -0.05) is 168 Å². The molecule has 9 aromatic rings. The zero-order chi connectivity index (χ0) is 40.4. The zero-order valence-electron chi connectivity index (χ0n) is 33.9. The number of anilines is 6. The number of hydrogen-bond acceptors (Lipinski definition) is 3. The first-order chi connectivity index (χ1) is 30.1. The number of para-hydroxylation sites is 4. The van der Waals surface area contributed by atoms with Crippen LogP contribution in [0, 0.1) is 13.8 Å². The minimum atomic E-state index is -0.570. The minimum Gasteiger partial charge on any atom is -0.311 e. The molecule has 9 aromatic carbocycles. The summed E-state index contributed by atoms with van der Waals surface area (Å²) in [5.41, 5.74) is 23.7. The van der Waals surface area contributed by atoms with Crippen molar-refractivity contribution in [2.45, 2.75) is 29.1 Å². The van der Waals surface area contributed by atoms with E-state index in [9.17, 15) is 0 Å². The molecule has 3 heterocycles. The molecule has 2 nitrogen and oxygen atoms in total. The molecule has 61 heavy (non-hydrogen) atoms. The van der Waals surface area contributed by atoms with Crippen LogP contribution in [0.2, 0.25) is 0 Å². The molecule has 3 aliphatic heterocycles. The van der Waals surface area contributed by atoms with Crippen LogP contribution in [-0.2, 0) is 5.41 Å². The summed E-state index contributed by atoms with van der Waals surface area (Å²) in [6, 6.07) is 75.5. The summed E-state index contributed by atoms with van der Waals surface area (Å²) in [7, 11) is 0. The summed E-state index contributed by atoms with van der Waals surface area (Å²) in [5.74, 6) is 0. The molecular weight excluding hydrogens is 756 g/mol. The van der Waals surface area contributed by atoms with E-state index in [1.165, 1.54) is 110 Å². The van der Waals surface area contributed by atoms with Crippen LogP contribution >= 0.6 is 11.8 Å². The van der Waals surface area contributed by atoms with Crippen LogP contribution in [0.15, 0.2) is 210 Å². The molecule has 0 fully saturated rings. The summed E-state index contributed by atoms with van der Waals surface area (Å²) in [4.78, 5) is 7.79. The van der Waals surface area contributed by atoms with Crippen molar-refractivity contribution in [2.24, 2.45) is 0 Å². The highest BCUT2D eigenvalue weighted by atomic mass is 32.2. The first-order valence-corrected chi connectivity index (χ1v) is 22.1. The standard InChI is InChI=1S/C57H39BN2S/c1-36-29-30-47-54(32-36)61-55-33-37(2)31-53-56(55)58(47)48-34-42-41-22-9-11-23-43(41)57(46(42)35-52(48)60(53)49-26-14-10-21-40(49)38-17-5-3-6-18-38)44-24-12-15-27-50(44)59(39-19-7-4-8-20-39)51-28-16-13-25-45(51)57/h3-35H,1-2H3. The van der Waals surface area contributed by atoms with Crippen molar-refractivity contribution in [1.82, 2.24) is 0 Å². The molecule has 0 saturated heterocycles. The Labute approximate surface area is 361 Å². The highest BCUT2D eigenvalue weighted by Crippen LogP contribution is 2.64. The van der Waals surface area contributed by atoms with E-state index in [4.69, 9.17) is 0 Å². The lowest BCUT2D eigenvalue weighted by molar-refractivity contribution is 0.753. The predicted octanol–water partition coefficient (Wildman–Crippen LogP) is 12.9. The van der Waals surface area contributed by atoms with Crippen LogP contribution in [0.3, 0.4) is 0 Å². The van der Waals surface area contributed by atoms with E-state index in [0.717, 1.165) is 5.69 Å². The van der Waals surface area contributed by atoms with Crippen molar-refractivity contribution in [1.29, 1.82) is 0 Å². The summed E-state index contributed by atoms with van der Waals surface area (Å²) in [6.45, 7) is 4.56. The summed E-state index contributed by atoms with van der Waals surface area (Å²) in [5, 5.41) is 0. The molecule has 0 radical (unpaired) electrons. The van der Waals surface area contributed by atoms with Crippen LogP contribution in [0.4, 0.5) is 34.1 Å². The van der Waals surface area contributed by atoms with E-state index in [1.54, 1.807) is 0 Å². The smallest absolute Gasteiger partial charge is 0.249 e. The topological polar surface area (TPSA) is 6.48 Å². The normalized spacial score (nSPS) is 14.4.